The van der Waals surface area contributed by atoms with Gasteiger partial charge in [-0.05, 0) is 58.7 Å². The summed E-state index contributed by atoms with van der Waals surface area (Å²) in [7, 11) is 7.94. The van der Waals surface area contributed by atoms with Gasteiger partial charge in [0.2, 0.25) is 0 Å². The number of allylic oxidation sites excluding steroid dienone is 5. The molecule has 0 fully saturated rings. The van der Waals surface area contributed by atoms with Gasteiger partial charge in [-0.3, -0.25) is 0 Å². The number of benzene rings is 2. The second-order valence-corrected chi connectivity index (χ2v) is 7.14. The van der Waals surface area contributed by atoms with Crippen molar-refractivity contribution in [3.05, 3.63) is 89.5 Å². The van der Waals surface area contributed by atoms with Crippen LogP contribution in [-0.2, 0) is 0 Å². The molecule has 1 aliphatic rings. The Morgan fingerprint density at radius 1 is 0.656 bits per heavy atom. The third kappa shape index (κ3) is 7.07. The van der Waals surface area contributed by atoms with E-state index in [1.807, 2.05) is 62.3 Å². The number of anilines is 2. The molecule has 2 aromatic carbocycles. The first-order chi connectivity index (χ1) is 15.8. The summed E-state index contributed by atoms with van der Waals surface area (Å²) in [6, 6.07) is 16.4. The molecule has 0 atom stereocenters. The number of nitrogens with zero attached hydrogens (tertiary/aromatic N) is 3. The molecule has 0 amide bonds. The minimum atomic E-state index is -2.79. The molecule has 0 spiro atoms. The largest absolute Gasteiger partial charge is 1.00 e. The van der Waals surface area contributed by atoms with Gasteiger partial charge in [0.15, 0.2) is 5.71 Å². The van der Waals surface area contributed by atoms with Crippen LogP contribution >= 0.6 is 0 Å². The van der Waals surface area contributed by atoms with E-state index in [2.05, 4.69) is 24.3 Å². The molecular formula is C25H36ClN3O3. The lowest BCUT2D eigenvalue weighted by atomic mass is 9.90. The van der Waals surface area contributed by atoms with Crippen LogP contribution in [0.25, 0.3) is 5.57 Å². The summed E-state index contributed by atoms with van der Waals surface area (Å²) >= 11 is 0. The predicted molar refractivity (Wildman–Crippen MR) is 134 cm³/mol. The maximum absolute atomic E-state index is 7.68. The molecule has 0 unspecified atom stereocenters. The monoisotopic (exact) mass is 467 g/mol. The fourth-order valence-corrected chi connectivity index (χ4v) is 3.13. The van der Waals surface area contributed by atoms with Crippen LogP contribution in [0.2, 0.25) is 0 Å². The summed E-state index contributed by atoms with van der Waals surface area (Å²) in [5.74, 6) is 0. The Balaban J connectivity index is 0. The molecule has 6 N–H and O–H groups in total. The van der Waals surface area contributed by atoms with Gasteiger partial charge < -0.3 is 38.6 Å². The molecule has 1 aliphatic carbocycles. The molecule has 0 radical (unpaired) electrons. The Hall–Kier alpha value is -2.90. The normalized spacial score (nSPS) is 14.9. The van der Waals surface area contributed by atoms with Crippen LogP contribution in [0.1, 0.15) is 19.4 Å². The molecule has 0 aromatic heterocycles. The molecule has 3 rings (SSSR count). The lowest BCUT2D eigenvalue weighted by Gasteiger charge is -2.18. The van der Waals surface area contributed by atoms with E-state index in [1.54, 1.807) is 24.3 Å². The van der Waals surface area contributed by atoms with Gasteiger partial charge in [-0.1, -0.05) is 24.3 Å². The number of rotatable bonds is 4. The van der Waals surface area contributed by atoms with Gasteiger partial charge in [0.25, 0.3) is 0 Å². The van der Waals surface area contributed by atoms with Crippen LogP contribution in [-0.4, -0.2) is 68.9 Å². The van der Waals surface area contributed by atoms with Gasteiger partial charge in [-0.25, -0.2) is 4.58 Å². The molecule has 0 saturated carbocycles. The summed E-state index contributed by atoms with van der Waals surface area (Å²) in [5.41, 5.74) is 6.10. The van der Waals surface area contributed by atoms with Crippen LogP contribution in [0, 0.1) is 0 Å². The summed E-state index contributed by atoms with van der Waals surface area (Å²) in [6.07, 6.45) is 6.65. The Bertz CT molecular complexity index is 1080. The molecule has 32 heavy (non-hydrogen) atoms. The standard InChI is InChI=1S/C25H30N3.ClH.3H2O/c1-26(2)22-13-7-19(8-14-22)25(20-9-15-23(16-10-20)27(3)4)21-11-17-24(18-12-21)28(5)6;;;;/h7-18H,1-6H3;1H;3*1H2/q+1;;;;/p-1/i1D3,2D3;;;;. The third-order valence-electron chi connectivity index (χ3n) is 4.76. The third-order valence-corrected chi connectivity index (χ3v) is 4.76. The number of hydrogen-bond acceptors (Lipinski definition) is 2. The molecule has 0 saturated heterocycles. The van der Waals surface area contributed by atoms with Crippen molar-refractivity contribution in [2.75, 3.05) is 51.9 Å². The highest BCUT2D eigenvalue weighted by Crippen LogP contribution is 2.31. The Morgan fingerprint density at radius 3 is 1.34 bits per heavy atom. The van der Waals surface area contributed by atoms with Crippen LogP contribution in [0.5, 0.6) is 0 Å². The van der Waals surface area contributed by atoms with Crippen molar-refractivity contribution in [1.29, 1.82) is 0 Å². The quantitative estimate of drug-likeness (QED) is 0.537. The average molecular weight is 468 g/mol. The molecule has 6 nitrogen and oxygen atoms in total. The van der Waals surface area contributed by atoms with E-state index in [0.717, 1.165) is 33.6 Å². The molecule has 0 aliphatic heterocycles. The topological polar surface area (TPSA) is 104 Å². The first kappa shape index (κ1) is 21.0. The van der Waals surface area contributed by atoms with E-state index in [1.165, 1.54) is 0 Å². The van der Waals surface area contributed by atoms with Crippen molar-refractivity contribution in [2.24, 2.45) is 0 Å². The highest BCUT2D eigenvalue weighted by Gasteiger charge is 2.13. The van der Waals surface area contributed by atoms with Crippen molar-refractivity contribution in [2.45, 2.75) is 0 Å². The van der Waals surface area contributed by atoms with Gasteiger partial charge in [0, 0.05) is 51.7 Å². The minimum Gasteiger partial charge on any atom is -1.00 e. The molecule has 7 heteroatoms. The second-order valence-electron chi connectivity index (χ2n) is 7.14. The summed E-state index contributed by atoms with van der Waals surface area (Å²) in [6.45, 7) is -5.58. The van der Waals surface area contributed by atoms with Gasteiger partial charge in [0.05, 0.1) is 8.22 Å². The molecule has 2 aromatic rings. The molecular weight excluding hydrogens is 426 g/mol. The van der Waals surface area contributed by atoms with Gasteiger partial charge >= 0.3 is 0 Å². The van der Waals surface area contributed by atoms with Crippen LogP contribution < -0.4 is 22.2 Å². The summed E-state index contributed by atoms with van der Waals surface area (Å²) < 4.78 is 46.6. The lowest BCUT2D eigenvalue weighted by molar-refractivity contribution is -0.462. The lowest BCUT2D eigenvalue weighted by Crippen LogP contribution is -3.00. The van der Waals surface area contributed by atoms with Crippen LogP contribution in [0.15, 0.2) is 78.4 Å². The van der Waals surface area contributed by atoms with Crippen molar-refractivity contribution in [3.8, 4) is 0 Å². The summed E-state index contributed by atoms with van der Waals surface area (Å²) in [5, 5.41) is 0. The maximum atomic E-state index is 7.68. The number of halogens is 1. The maximum Gasteiger partial charge on any atom is 0.199 e. The van der Waals surface area contributed by atoms with Gasteiger partial charge in [0.1, 0.15) is 14.0 Å². The van der Waals surface area contributed by atoms with Crippen LogP contribution in [0.4, 0.5) is 11.4 Å². The zero-order chi connectivity index (χ0) is 25.3. The van der Waals surface area contributed by atoms with E-state index in [0.29, 0.717) is 4.58 Å². The predicted octanol–water partition coefficient (Wildman–Crippen LogP) is -1.01. The SMILES string of the molecule is O.O.O.[2H]C([2H])([2H])[N+](=C1C=CC(=C(c2ccc(N(C)C)cc2)c2ccc(N(C)C)cc2)C=C1)C([2H])([2H])[2H].[Cl-]. The Morgan fingerprint density at radius 2 is 1.03 bits per heavy atom. The fourth-order valence-electron chi connectivity index (χ4n) is 3.13. The van der Waals surface area contributed by atoms with Gasteiger partial charge in [-0.15, -0.1) is 0 Å². The van der Waals surface area contributed by atoms with E-state index in [-0.39, 0.29) is 34.5 Å². The number of hydrogen-bond donors (Lipinski definition) is 0. The van der Waals surface area contributed by atoms with Crippen molar-refractivity contribution in [1.82, 2.24) is 0 Å². The van der Waals surface area contributed by atoms with E-state index in [4.69, 9.17) is 8.22 Å². The molecule has 0 heterocycles. The highest BCUT2D eigenvalue weighted by molar-refractivity contribution is 6.04. The van der Waals surface area contributed by atoms with Crippen molar-refractivity contribution >= 4 is 22.7 Å². The smallest absolute Gasteiger partial charge is 0.199 e. The van der Waals surface area contributed by atoms with E-state index < -0.39 is 14.0 Å². The average Bonchev–Trinajstić information content (AvgIpc) is 2.74. The van der Waals surface area contributed by atoms with Crippen molar-refractivity contribution < 1.29 is 41.6 Å². The van der Waals surface area contributed by atoms with Crippen LogP contribution in [0.3, 0.4) is 0 Å². The molecule has 176 valence electrons. The van der Waals surface area contributed by atoms with Crippen molar-refractivity contribution in [3.63, 3.8) is 0 Å². The van der Waals surface area contributed by atoms with E-state index >= 15 is 0 Å². The first-order valence-corrected chi connectivity index (χ1v) is 9.12. The second kappa shape index (κ2) is 13.5. The molecule has 0 bridgehead atoms. The zero-order valence-corrected chi connectivity index (χ0v) is 19.4. The highest BCUT2D eigenvalue weighted by atomic mass is 35.5. The Labute approximate surface area is 206 Å². The minimum absolute atomic E-state index is 0. The Kier molecular flexibility index (Phi) is 8.85. The zero-order valence-electron chi connectivity index (χ0n) is 24.6. The first-order valence-electron chi connectivity index (χ1n) is 12.1. The van der Waals surface area contributed by atoms with Gasteiger partial charge in [-0.2, -0.15) is 0 Å². The fraction of sp³-hybridized carbons (Fsp3) is 0.240. The van der Waals surface area contributed by atoms with E-state index in [9.17, 15) is 0 Å². The summed E-state index contributed by atoms with van der Waals surface area (Å²) in [4.78, 5) is 4.06.